The molecule has 1 aromatic heterocycles. The van der Waals surface area contributed by atoms with Crippen molar-refractivity contribution in [1.29, 1.82) is 10.5 Å². The van der Waals surface area contributed by atoms with Gasteiger partial charge in [-0.3, -0.25) is 9.69 Å². The first-order valence-corrected chi connectivity index (χ1v) is 8.29. The van der Waals surface area contributed by atoms with Gasteiger partial charge >= 0.3 is 0 Å². The van der Waals surface area contributed by atoms with Crippen LogP contribution in [0.1, 0.15) is 16.8 Å². The molecule has 2 rings (SSSR count). The number of carbonyl (C=O) groups excluding carboxylic acids is 1. The number of rotatable bonds is 5. The molecular weight excluding hydrogens is 320 g/mol. The Morgan fingerprint density at radius 1 is 1.25 bits per heavy atom. The highest BCUT2D eigenvalue weighted by atomic mass is 32.2. The molecule has 6 heteroatoms. The summed E-state index contributed by atoms with van der Waals surface area (Å²) in [5, 5.41) is 18.8. The molecule has 0 atom stereocenters. The quantitative estimate of drug-likeness (QED) is 0.618. The lowest BCUT2D eigenvalue weighted by molar-refractivity contribution is -0.116. The zero-order valence-corrected chi connectivity index (χ0v) is 14.3. The Morgan fingerprint density at radius 3 is 2.58 bits per heavy atom. The molecule has 1 aromatic carbocycles. The standard InChI is InChI=1S/C18H16N4OS/c1-13-10-14(2)21-18(16(13)11-20)24-12-17(23)22(9-8-19)15-6-4-3-5-7-15/h3-7,10H,9,12H2,1-2H3. The van der Waals surface area contributed by atoms with E-state index in [1.165, 1.54) is 16.7 Å². The monoisotopic (exact) mass is 336 g/mol. The van der Waals surface area contributed by atoms with Crippen LogP contribution in [0, 0.1) is 36.5 Å². The van der Waals surface area contributed by atoms with Crippen molar-refractivity contribution in [2.45, 2.75) is 18.9 Å². The van der Waals surface area contributed by atoms with Gasteiger partial charge in [0.25, 0.3) is 0 Å². The number of nitriles is 2. The van der Waals surface area contributed by atoms with Gasteiger partial charge in [0.1, 0.15) is 17.6 Å². The van der Waals surface area contributed by atoms with E-state index < -0.39 is 0 Å². The maximum Gasteiger partial charge on any atom is 0.238 e. The van der Waals surface area contributed by atoms with Crippen molar-refractivity contribution in [3.8, 4) is 12.1 Å². The van der Waals surface area contributed by atoms with Gasteiger partial charge in [0.05, 0.1) is 17.4 Å². The summed E-state index contributed by atoms with van der Waals surface area (Å²) in [6.45, 7) is 3.69. The van der Waals surface area contributed by atoms with E-state index in [1.54, 1.807) is 12.1 Å². The molecule has 24 heavy (non-hydrogen) atoms. The smallest absolute Gasteiger partial charge is 0.238 e. The number of aromatic nitrogens is 1. The molecule has 0 unspecified atom stereocenters. The summed E-state index contributed by atoms with van der Waals surface area (Å²) in [5.74, 6) is -0.0844. The average molecular weight is 336 g/mol. The van der Waals surface area contributed by atoms with Gasteiger partial charge < -0.3 is 0 Å². The fourth-order valence-electron chi connectivity index (χ4n) is 2.25. The van der Waals surface area contributed by atoms with Crippen molar-refractivity contribution >= 4 is 23.4 Å². The molecule has 0 aliphatic rings. The van der Waals surface area contributed by atoms with Crippen molar-refractivity contribution in [1.82, 2.24) is 4.98 Å². The number of para-hydroxylation sites is 1. The maximum absolute atomic E-state index is 12.5. The van der Waals surface area contributed by atoms with Crippen LogP contribution in [0.25, 0.3) is 0 Å². The number of amides is 1. The van der Waals surface area contributed by atoms with E-state index in [4.69, 9.17) is 5.26 Å². The minimum atomic E-state index is -0.197. The molecule has 0 aliphatic heterocycles. The molecule has 120 valence electrons. The number of hydrogen-bond donors (Lipinski definition) is 0. The Kier molecular flexibility index (Phi) is 5.95. The highest BCUT2D eigenvalue weighted by Crippen LogP contribution is 2.24. The van der Waals surface area contributed by atoms with Crippen molar-refractivity contribution in [3.63, 3.8) is 0 Å². The predicted octanol–water partition coefficient (Wildman–Crippen LogP) is 3.22. The third-order valence-corrected chi connectivity index (χ3v) is 4.31. The molecule has 1 heterocycles. The van der Waals surface area contributed by atoms with Crippen molar-refractivity contribution in [3.05, 3.63) is 53.2 Å². The summed E-state index contributed by atoms with van der Waals surface area (Å²) in [5.41, 5.74) is 2.82. The van der Waals surface area contributed by atoms with E-state index in [9.17, 15) is 10.1 Å². The van der Waals surface area contributed by atoms with E-state index in [0.717, 1.165) is 11.3 Å². The first kappa shape index (κ1) is 17.5. The highest BCUT2D eigenvalue weighted by Gasteiger charge is 2.17. The highest BCUT2D eigenvalue weighted by molar-refractivity contribution is 8.00. The van der Waals surface area contributed by atoms with Gasteiger partial charge in [-0.1, -0.05) is 30.0 Å². The number of aryl methyl sites for hydroxylation is 2. The Balaban J connectivity index is 2.18. The molecule has 0 spiro atoms. The second-order valence-electron chi connectivity index (χ2n) is 5.13. The summed E-state index contributed by atoms with van der Waals surface area (Å²) in [6, 6.07) is 15.1. The summed E-state index contributed by atoms with van der Waals surface area (Å²) >= 11 is 1.22. The van der Waals surface area contributed by atoms with Crippen LogP contribution in [0.15, 0.2) is 41.4 Å². The molecule has 1 amide bonds. The fraction of sp³-hybridized carbons (Fsp3) is 0.222. The molecule has 0 saturated carbocycles. The Hall–Kier alpha value is -2.83. The minimum absolute atomic E-state index is 0.0191. The van der Waals surface area contributed by atoms with Crippen LogP contribution < -0.4 is 4.90 Å². The normalized spacial score (nSPS) is 9.83. The number of anilines is 1. The fourth-order valence-corrected chi connectivity index (χ4v) is 3.23. The summed E-state index contributed by atoms with van der Waals surface area (Å²) in [7, 11) is 0. The first-order valence-electron chi connectivity index (χ1n) is 7.30. The van der Waals surface area contributed by atoms with E-state index in [2.05, 4.69) is 11.1 Å². The van der Waals surface area contributed by atoms with E-state index >= 15 is 0 Å². The Labute approximate surface area is 145 Å². The average Bonchev–Trinajstić information content (AvgIpc) is 2.58. The molecular formula is C18H16N4OS. The molecule has 0 radical (unpaired) electrons. The van der Waals surface area contributed by atoms with Gasteiger partial charge in [0, 0.05) is 11.4 Å². The van der Waals surface area contributed by atoms with Gasteiger partial charge in [0.15, 0.2) is 0 Å². The SMILES string of the molecule is Cc1cc(C)c(C#N)c(SCC(=O)N(CC#N)c2ccccc2)n1. The van der Waals surface area contributed by atoms with E-state index in [-0.39, 0.29) is 18.2 Å². The van der Waals surface area contributed by atoms with Crippen LogP contribution >= 0.6 is 11.8 Å². The Bertz CT molecular complexity index is 821. The van der Waals surface area contributed by atoms with E-state index in [0.29, 0.717) is 16.3 Å². The number of thioether (sulfide) groups is 1. The van der Waals surface area contributed by atoms with Crippen LogP contribution in [-0.2, 0) is 4.79 Å². The zero-order valence-electron chi connectivity index (χ0n) is 13.5. The summed E-state index contributed by atoms with van der Waals surface area (Å²) in [4.78, 5) is 18.3. The summed E-state index contributed by atoms with van der Waals surface area (Å²) in [6.07, 6.45) is 0. The number of pyridine rings is 1. The maximum atomic E-state index is 12.5. The second kappa shape index (κ2) is 8.14. The van der Waals surface area contributed by atoms with Gasteiger partial charge in [-0.15, -0.1) is 0 Å². The molecule has 5 nitrogen and oxygen atoms in total. The van der Waals surface area contributed by atoms with Crippen LogP contribution in [0.3, 0.4) is 0 Å². The predicted molar refractivity (Wildman–Crippen MR) is 93.6 cm³/mol. The molecule has 0 N–H and O–H groups in total. The van der Waals surface area contributed by atoms with Crippen molar-refractivity contribution in [2.75, 3.05) is 17.2 Å². The number of carbonyl (C=O) groups is 1. The third-order valence-electron chi connectivity index (χ3n) is 3.35. The third kappa shape index (κ3) is 4.13. The first-order chi connectivity index (χ1) is 11.6. The van der Waals surface area contributed by atoms with Crippen LogP contribution in [0.4, 0.5) is 5.69 Å². The van der Waals surface area contributed by atoms with Gasteiger partial charge in [-0.2, -0.15) is 10.5 Å². The molecule has 0 fully saturated rings. The molecule has 0 saturated heterocycles. The number of hydrogen-bond acceptors (Lipinski definition) is 5. The van der Waals surface area contributed by atoms with Gasteiger partial charge in [-0.05, 0) is 37.6 Å². The molecule has 0 bridgehead atoms. The van der Waals surface area contributed by atoms with Gasteiger partial charge in [-0.25, -0.2) is 4.98 Å². The lowest BCUT2D eigenvalue weighted by Crippen LogP contribution is -2.32. The van der Waals surface area contributed by atoms with Crippen LogP contribution in [-0.4, -0.2) is 23.2 Å². The molecule has 2 aromatic rings. The van der Waals surface area contributed by atoms with Gasteiger partial charge in [0.2, 0.25) is 5.91 Å². The second-order valence-corrected chi connectivity index (χ2v) is 6.10. The summed E-state index contributed by atoms with van der Waals surface area (Å²) < 4.78 is 0. The van der Waals surface area contributed by atoms with Crippen molar-refractivity contribution < 1.29 is 4.79 Å². The lowest BCUT2D eigenvalue weighted by Gasteiger charge is -2.19. The number of benzene rings is 1. The minimum Gasteiger partial charge on any atom is -0.298 e. The van der Waals surface area contributed by atoms with E-state index in [1.807, 2.05) is 44.2 Å². The number of nitrogens with zero attached hydrogens (tertiary/aromatic N) is 4. The largest absolute Gasteiger partial charge is 0.298 e. The topological polar surface area (TPSA) is 80.8 Å². The van der Waals surface area contributed by atoms with Crippen LogP contribution in [0.5, 0.6) is 0 Å². The zero-order chi connectivity index (χ0) is 17.5. The van der Waals surface area contributed by atoms with Crippen molar-refractivity contribution in [2.24, 2.45) is 0 Å². The lowest BCUT2D eigenvalue weighted by atomic mass is 10.1. The Morgan fingerprint density at radius 2 is 1.96 bits per heavy atom. The molecule has 0 aliphatic carbocycles. The van der Waals surface area contributed by atoms with Crippen LogP contribution in [0.2, 0.25) is 0 Å².